The van der Waals surface area contributed by atoms with Crippen LogP contribution in [0.4, 0.5) is 0 Å². The van der Waals surface area contributed by atoms with Crippen molar-refractivity contribution in [1.82, 2.24) is 20.4 Å². The summed E-state index contributed by atoms with van der Waals surface area (Å²) in [5.41, 5.74) is 2.20. The highest BCUT2D eigenvalue weighted by Gasteiger charge is 2.25. The van der Waals surface area contributed by atoms with Crippen molar-refractivity contribution in [3.05, 3.63) is 35.4 Å². The molecule has 1 aromatic rings. The van der Waals surface area contributed by atoms with Gasteiger partial charge in [-0.3, -0.25) is 19.4 Å². The zero-order valence-corrected chi connectivity index (χ0v) is 16.1. The number of hydrogen-bond acceptors (Lipinski definition) is 5. The van der Waals surface area contributed by atoms with Gasteiger partial charge in [0.05, 0.1) is 19.7 Å². The van der Waals surface area contributed by atoms with Crippen LogP contribution >= 0.6 is 0 Å². The largest absolute Gasteiger partial charge is 0.380 e. The fourth-order valence-electron chi connectivity index (χ4n) is 3.19. The summed E-state index contributed by atoms with van der Waals surface area (Å²) in [4.78, 5) is 28.4. The van der Waals surface area contributed by atoms with E-state index < -0.39 is 0 Å². The Balaban J connectivity index is 1.31. The number of carbonyl (C=O) groups excluding carboxylic acids is 2. The number of nitrogens with zero attached hydrogens (tertiary/aromatic N) is 2. The van der Waals surface area contributed by atoms with E-state index in [1.807, 2.05) is 24.3 Å². The van der Waals surface area contributed by atoms with Crippen LogP contribution < -0.4 is 10.6 Å². The molecule has 0 atom stereocenters. The van der Waals surface area contributed by atoms with Crippen molar-refractivity contribution in [3.63, 3.8) is 0 Å². The van der Waals surface area contributed by atoms with Crippen molar-refractivity contribution in [3.8, 4) is 0 Å². The van der Waals surface area contributed by atoms with Crippen LogP contribution in [-0.4, -0.2) is 74.0 Å². The third-order valence-corrected chi connectivity index (χ3v) is 4.97. The highest BCUT2D eigenvalue weighted by atomic mass is 16.5. The van der Waals surface area contributed by atoms with Gasteiger partial charge in [0.15, 0.2) is 0 Å². The summed E-state index contributed by atoms with van der Waals surface area (Å²) >= 11 is 0. The first-order valence-electron chi connectivity index (χ1n) is 9.70. The van der Waals surface area contributed by atoms with Gasteiger partial charge in [-0.05, 0) is 24.0 Å². The summed E-state index contributed by atoms with van der Waals surface area (Å²) in [5, 5.41) is 6.00. The van der Waals surface area contributed by atoms with Gasteiger partial charge in [0.1, 0.15) is 0 Å². The summed E-state index contributed by atoms with van der Waals surface area (Å²) in [6.45, 7) is 5.29. The molecule has 3 rings (SSSR count). The molecule has 1 aliphatic carbocycles. The van der Waals surface area contributed by atoms with Gasteiger partial charge in [-0.25, -0.2) is 0 Å². The molecule has 2 N–H and O–H groups in total. The number of rotatable bonds is 9. The van der Waals surface area contributed by atoms with Gasteiger partial charge in [0, 0.05) is 45.9 Å². The number of benzene rings is 1. The molecule has 1 aromatic carbocycles. The smallest absolute Gasteiger partial charge is 0.234 e. The van der Waals surface area contributed by atoms with Crippen molar-refractivity contribution in [2.45, 2.75) is 32.0 Å². The van der Waals surface area contributed by atoms with Crippen LogP contribution in [0.25, 0.3) is 0 Å². The standard InChI is InChI=1S/C20H30N4O3/c1-27-15-17-4-2-16(3-5-17)12-21-19(25)13-23-8-10-24(11-9-23)14-20(26)22-18-6-7-18/h2-5,18H,6-15H2,1H3,(H,21,25)(H,22,26). The fraction of sp³-hybridized carbons (Fsp3) is 0.600. The predicted octanol–water partition coefficient (Wildman–Crippen LogP) is 0.345. The van der Waals surface area contributed by atoms with Crippen LogP contribution in [0.1, 0.15) is 24.0 Å². The molecule has 1 heterocycles. The van der Waals surface area contributed by atoms with Gasteiger partial charge in [0.25, 0.3) is 0 Å². The predicted molar refractivity (Wildman–Crippen MR) is 103 cm³/mol. The molecule has 1 saturated carbocycles. The highest BCUT2D eigenvalue weighted by Crippen LogP contribution is 2.18. The van der Waals surface area contributed by atoms with Crippen molar-refractivity contribution >= 4 is 11.8 Å². The van der Waals surface area contributed by atoms with Crippen LogP contribution in [-0.2, 0) is 27.5 Å². The average molecular weight is 374 g/mol. The molecule has 0 unspecified atom stereocenters. The molecule has 2 fully saturated rings. The minimum Gasteiger partial charge on any atom is -0.380 e. The van der Waals surface area contributed by atoms with Gasteiger partial charge in [-0.15, -0.1) is 0 Å². The van der Waals surface area contributed by atoms with E-state index in [2.05, 4.69) is 20.4 Å². The molecule has 0 radical (unpaired) electrons. The Morgan fingerprint density at radius 3 is 2.07 bits per heavy atom. The lowest BCUT2D eigenvalue weighted by Crippen LogP contribution is -2.51. The third-order valence-electron chi connectivity index (χ3n) is 4.97. The molecule has 27 heavy (non-hydrogen) atoms. The minimum atomic E-state index is 0.0379. The van der Waals surface area contributed by atoms with Crippen LogP contribution in [0.5, 0.6) is 0 Å². The van der Waals surface area contributed by atoms with Crippen LogP contribution in [0.2, 0.25) is 0 Å². The Hall–Kier alpha value is -1.96. The van der Waals surface area contributed by atoms with E-state index in [9.17, 15) is 9.59 Å². The van der Waals surface area contributed by atoms with E-state index in [0.29, 0.717) is 32.3 Å². The second kappa shape index (κ2) is 9.82. The first-order valence-corrected chi connectivity index (χ1v) is 9.70. The summed E-state index contributed by atoms with van der Waals surface area (Å²) in [7, 11) is 1.68. The molecular formula is C20H30N4O3. The Labute approximate surface area is 161 Å². The van der Waals surface area contributed by atoms with E-state index in [1.54, 1.807) is 7.11 Å². The molecule has 2 amide bonds. The molecule has 0 spiro atoms. The van der Waals surface area contributed by atoms with Gasteiger partial charge < -0.3 is 15.4 Å². The molecule has 1 aliphatic heterocycles. The molecule has 7 nitrogen and oxygen atoms in total. The topological polar surface area (TPSA) is 73.9 Å². The van der Waals surface area contributed by atoms with Crippen molar-refractivity contribution in [2.75, 3.05) is 46.4 Å². The lowest BCUT2D eigenvalue weighted by Gasteiger charge is -2.33. The minimum absolute atomic E-state index is 0.0379. The molecule has 7 heteroatoms. The van der Waals surface area contributed by atoms with Crippen molar-refractivity contribution in [2.24, 2.45) is 0 Å². The first-order chi connectivity index (χ1) is 13.1. The third kappa shape index (κ3) is 6.93. The lowest BCUT2D eigenvalue weighted by atomic mass is 10.1. The van der Waals surface area contributed by atoms with Crippen LogP contribution in [0.15, 0.2) is 24.3 Å². The maximum absolute atomic E-state index is 12.2. The van der Waals surface area contributed by atoms with Crippen molar-refractivity contribution in [1.29, 1.82) is 0 Å². The van der Waals surface area contributed by atoms with E-state index in [-0.39, 0.29) is 11.8 Å². The van der Waals surface area contributed by atoms with Crippen LogP contribution in [0, 0.1) is 0 Å². The normalized spacial score (nSPS) is 18.3. The Kier molecular flexibility index (Phi) is 7.20. The van der Waals surface area contributed by atoms with Gasteiger partial charge in [0.2, 0.25) is 11.8 Å². The van der Waals surface area contributed by atoms with E-state index in [4.69, 9.17) is 4.74 Å². The Bertz CT molecular complexity index is 623. The molecule has 148 valence electrons. The van der Waals surface area contributed by atoms with Gasteiger partial charge >= 0.3 is 0 Å². The van der Waals surface area contributed by atoms with Crippen LogP contribution in [0.3, 0.4) is 0 Å². The van der Waals surface area contributed by atoms with E-state index in [1.165, 1.54) is 0 Å². The number of hydrogen-bond donors (Lipinski definition) is 2. The summed E-state index contributed by atoms with van der Waals surface area (Å²) in [6.07, 6.45) is 2.23. The Morgan fingerprint density at radius 1 is 0.963 bits per heavy atom. The fourth-order valence-corrected chi connectivity index (χ4v) is 3.19. The molecule has 1 saturated heterocycles. The quantitative estimate of drug-likeness (QED) is 0.652. The first kappa shape index (κ1) is 19.8. The summed E-state index contributed by atoms with van der Waals surface area (Å²) in [5.74, 6) is 0.163. The lowest BCUT2D eigenvalue weighted by molar-refractivity contribution is -0.125. The SMILES string of the molecule is COCc1ccc(CNC(=O)CN2CCN(CC(=O)NC3CC3)CC2)cc1. The number of carbonyl (C=O) groups is 2. The number of nitrogens with one attached hydrogen (secondary N) is 2. The van der Waals surface area contributed by atoms with Gasteiger partial charge in [-0.2, -0.15) is 0 Å². The zero-order valence-electron chi connectivity index (χ0n) is 16.1. The second-order valence-corrected chi connectivity index (χ2v) is 7.42. The maximum atomic E-state index is 12.2. The molecule has 0 bridgehead atoms. The number of piperazine rings is 1. The molecule has 0 aromatic heterocycles. The van der Waals surface area contributed by atoms with Gasteiger partial charge in [-0.1, -0.05) is 24.3 Å². The number of methoxy groups -OCH3 is 1. The summed E-state index contributed by atoms with van der Waals surface area (Å²) < 4.78 is 5.10. The van der Waals surface area contributed by atoms with E-state index in [0.717, 1.165) is 50.1 Å². The second-order valence-electron chi connectivity index (χ2n) is 7.42. The maximum Gasteiger partial charge on any atom is 0.234 e. The zero-order chi connectivity index (χ0) is 19.1. The number of ether oxygens (including phenoxy) is 1. The molecule has 2 aliphatic rings. The average Bonchev–Trinajstić information content (AvgIpc) is 3.47. The Morgan fingerprint density at radius 2 is 1.52 bits per heavy atom. The summed E-state index contributed by atoms with van der Waals surface area (Å²) in [6, 6.07) is 8.48. The monoisotopic (exact) mass is 374 g/mol. The molecular weight excluding hydrogens is 344 g/mol. The number of amides is 2. The highest BCUT2D eigenvalue weighted by molar-refractivity contribution is 5.79. The van der Waals surface area contributed by atoms with E-state index >= 15 is 0 Å². The van der Waals surface area contributed by atoms with Crippen molar-refractivity contribution < 1.29 is 14.3 Å².